The fourth-order valence-electron chi connectivity index (χ4n) is 1.86. The molecule has 0 aliphatic carbocycles. The van der Waals surface area contributed by atoms with Crippen molar-refractivity contribution in [3.8, 4) is 0 Å². The van der Waals surface area contributed by atoms with Crippen LogP contribution in [0.4, 0.5) is 0 Å². The van der Waals surface area contributed by atoms with Gasteiger partial charge in [0.1, 0.15) is 5.52 Å². The fourth-order valence-corrected chi connectivity index (χ4v) is 1.86. The highest BCUT2D eigenvalue weighted by atomic mass is 16.3. The average molecular weight is 203 g/mol. The average Bonchev–Trinajstić information content (AvgIpc) is 2.72. The van der Waals surface area contributed by atoms with Gasteiger partial charge in [-0.1, -0.05) is 32.8 Å². The molecule has 1 heterocycles. The van der Waals surface area contributed by atoms with Crippen LogP contribution in [0.2, 0.25) is 0 Å². The van der Waals surface area contributed by atoms with Crippen LogP contribution in [0.15, 0.2) is 29.0 Å². The number of nitrogens with zero attached hydrogens (tertiary/aromatic N) is 1. The van der Waals surface area contributed by atoms with Gasteiger partial charge in [0.2, 0.25) is 0 Å². The summed E-state index contributed by atoms with van der Waals surface area (Å²) in [5, 5.41) is 0. The van der Waals surface area contributed by atoms with E-state index in [0.717, 1.165) is 11.1 Å². The number of hydrogen-bond donors (Lipinski definition) is 0. The Morgan fingerprint density at radius 2 is 2.27 bits per heavy atom. The third kappa shape index (κ3) is 2.20. The number of benzene rings is 1. The first-order chi connectivity index (χ1) is 7.31. The maximum absolute atomic E-state index is 5.30. The van der Waals surface area contributed by atoms with Gasteiger partial charge in [-0.05, 0) is 30.0 Å². The van der Waals surface area contributed by atoms with Crippen LogP contribution in [0, 0.1) is 0 Å². The second kappa shape index (κ2) is 4.47. The molecule has 0 aliphatic heterocycles. The van der Waals surface area contributed by atoms with Crippen molar-refractivity contribution in [2.45, 2.75) is 39.0 Å². The zero-order valence-corrected chi connectivity index (χ0v) is 9.36. The van der Waals surface area contributed by atoms with E-state index in [9.17, 15) is 0 Å². The van der Waals surface area contributed by atoms with Crippen LogP contribution < -0.4 is 0 Å². The lowest BCUT2D eigenvalue weighted by Gasteiger charge is -2.10. The predicted molar refractivity (Wildman–Crippen MR) is 61.9 cm³/mol. The standard InChI is InChI=1S/C13H17NO/c1-3-4-5-10(2)11-6-7-12-13(8-11)15-9-14-12/h6-10H,3-5H2,1-2H3. The van der Waals surface area contributed by atoms with Crippen molar-refractivity contribution in [3.05, 3.63) is 30.2 Å². The molecule has 1 atom stereocenters. The van der Waals surface area contributed by atoms with Crippen LogP contribution >= 0.6 is 0 Å². The van der Waals surface area contributed by atoms with E-state index in [4.69, 9.17) is 4.42 Å². The molecule has 15 heavy (non-hydrogen) atoms. The zero-order valence-electron chi connectivity index (χ0n) is 9.36. The molecule has 0 fully saturated rings. The monoisotopic (exact) mass is 203 g/mol. The van der Waals surface area contributed by atoms with Gasteiger partial charge in [0.15, 0.2) is 12.0 Å². The minimum absolute atomic E-state index is 0.611. The molecule has 1 unspecified atom stereocenters. The van der Waals surface area contributed by atoms with E-state index in [1.165, 1.54) is 31.2 Å². The van der Waals surface area contributed by atoms with Crippen LogP contribution in [0.25, 0.3) is 11.1 Å². The number of aromatic nitrogens is 1. The first kappa shape index (κ1) is 10.2. The lowest BCUT2D eigenvalue weighted by molar-refractivity contribution is 0.597. The van der Waals surface area contributed by atoms with Gasteiger partial charge in [0.05, 0.1) is 0 Å². The topological polar surface area (TPSA) is 26.0 Å². The van der Waals surface area contributed by atoms with E-state index in [1.54, 1.807) is 0 Å². The molecule has 2 heteroatoms. The Kier molecular flexibility index (Phi) is 3.05. The molecule has 0 radical (unpaired) electrons. The smallest absolute Gasteiger partial charge is 0.181 e. The zero-order chi connectivity index (χ0) is 10.7. The summed E-state index contributed by atoms with van der Waals surface area (Å²) < 4.78 is 5.30. The summed E-state index contributed by atoms with van der Waals surface area (Å²) in [5.41, 5.74) is 3.20. The third-order valence-electron chi connectivity index (χ3n) is 2.92. The minimum Gasteiger partial charge on any atom is -0.443 e. The highest BCUT2D eigenvalue weighted by Crippen LogP contribution is 2.24. The summed E-state index contributed by atoms with van der Waals surface area (Å²) >= 11 is 0. The summed E-state index contributed by atoms with van der Waals surface area (Å²) in [6.45, 7) is 4.50. The van der Waals surface area contributed by atoms with Gasteiger partial charge < -0.3 is 4.42 Å². The van der Waals surface area contributed by atoms with E-state index in [-0.39, 0.29) is 0 Å². The lowest BCUT2D eigenvalue weighted by atomic mass is 9.95. The van der Waals surface area contributed by atoms with Gasteiger partial charge in [0.25, 0.3) is 0 Å². The Bertz CT molecular complexity index is 433. The predicted octanol–water partition coefficient (Wildman–Crippen LogP) is 4.12. The molecule has 80 valence electrons. The fraction of sp³-hybridized carbons (Fsp3) is 0.462. The van der Waals surface area contributed by atoms with E-state index >= 15 is 0 Å². The van der Waals surface area contributed by atoms with Gasteiger partial charge in [0, 0.05) is 0 Å². The number of unbranched alkanes of at least 4 members (excludes halogenated alkanes) is 1. The van der Waals surface area contributed by atoms with Crippen molar-refractivity contribution >= 4 is 11.1 Å². The molecule has 2 nitrogen and oxygen atoms in total. The molecule has 0 bridgehead atoms. The Morgan fingerprint density at radius 3 is 3.07 bits per heavy atom. The lowest BCUT2D eigenvalue weighted by Crippen LogP contribution is -1.92. The number of oxazole rings is 1. The minimum atomic E-state index is 0.611. The van der Waals surface area contributed by atoms with Crippen LogP contribution in [-0.4, -0.2) is 4.98 Å². The van der Waals surface area contributed by atoms with Crippen LogP contribution in [0.1, 0.15) is 44.6 Å². The van der Waals surface area contributed by atoms with Crippen molar-refractivity contribution < 1.29 is 4.42 Å². The van der Waals surface area contributed by atoms with Crippen molar-refractivity contribution in [1.82, 2.24) is 4.98 Å². The molecule has 0 spiro atoms. The number of rotatable bonds is 4. The summed E-state index contributed by atoms with van der Waals surface area (Å²) in [5.74, 6) is 0.611. The Morgan fingerprint density at radius 1 is 1.40 bits per heavy atom. The molecule has 2 aromatic rings. The molecular weight excluding hydrogens is 186 g/mol. The van der Waals surface area contributed by atoms with Crippen molar-refractivity contribution in [2.75, 3.05) is 0 Å². The summed E-state index contributed by atoms with van der Waals surface area (Å²) in [6, 6.07) is 6.31. The second-order valence-electron chi connectivity index (χ2n) is 4.12. The first-order valence-electron chi connectivity index (χ1n) is 5.64. The van der Waals surface area contributed by atoms with E-state index < -0.39 is 0 Å². The van der Waals surface area contributed by atoms with Crippen LogP contribution in [0.3, 0.4) is 0 Å². The maximum atomic E-state index is 5.30. The molecule has 0 aliphatic rings. The first-order valence-corrected chi connectivity index (χ1v) is 5.64. The second-order valence-corrected chi connectivity index (χ2v) is 4.12. The molecular formula is C13H17NO. The van der Waals surface area contributed by atoms with Crippen molar-refractivity contribution in [3.63, 3.8) is 0 Å². The van der Waals surface area contributed by atoms with Gasteiger partial charge in [-0.3, -0.25) is 0 Å². The van der Waals surface area contributed by atoms with Crippen LogP contribution in [-0.2, 0) is 0 Å². The SMILES string of the molecule is CCCCC(C)c1ccc2ncoc2c1. The Hall–Kier alpha value is -1.31. The molecule has 0 saturated carbocycles. The third-order valence-corrected chi connectivity index (χ3v) is 2.92. The molecule has 1 aromatic heterocycles. The van der Waals surface area contributed by atoms with E-state index in [1.807, 2.05) is 6.07 Å². The maximum Gasteiger partial charge on any atom is 0.181 e. The number of fused-ring (bicyclic) bond motifs is 1. The van der Waals surface area contributed by atoms with Gasteiger partial charge in [-0.15, -0.1) is 0 Å². The highest BCUT2D eigenvalue weighted by molar-refractivity contribution is 5.72. The quantitative estimate of drug-likeness (QED) is 0.747. The summed E-state index contributed by atoms with van der Waals surface area (Å²) in [7, 11) is 0. The highest BCUT2D eigenvalue weighted by Gasteiger charge is 2.07. The van der Waals surface area contributed by atoms with E-state index in [0.29, 0.717) is 5.92 Å². The Balaban J connectivity index is 2.19. The molecule has 0 saturated heterocycles. The summed E-state index contributed by atoms with van der Waals surface area (Å²) in [6.07, 6.45) is 5.30. The Labute approximate surface area is 90.3 Å². The van der Waals surface area contributed by atoms with E-state index in [2.05, 4.69) is 31.0 Å². The largest absolute Gasteiger partial charge is 0.443 e. The number of hydrogen-bond acceptors (Lipinski definition) is 2. The van der Waals surface area contributed by atoms with Crippen molar-refractivity contribution in [2.24, 2.45) is 0 Å². The molecule has 2 rings (SSSR count). The van der Waals surface area contributed by atoms with Gasteiger partial charge in [-0.2, -0.15) is 0 Å². The molecule has 1 aromatic carbocycles. The normalized spacial score (nSPS) is 13.2. The van der Waals surface area contributed by atoms with Crippen molar-refractivity contribution in [1.29, 1.82) is 0 Å². The molecule has 0 N–H and O–H groups in total. The summed E-state index contributed by atoms with van der Waals surface area (Å²) in [4.78, 5) is 4.11. The van der Waals surface area contributed by atoms with Gasteiger partial charge in [-0.25, -0.2) is 4.98 Å². The van der Waals surface area contributed by atoms with Crippen LogP contribution in [0.5, 0.6) is 0 Å². The molecule has 0 amide bonds. The van der Waals surface area contributed by atoms with Gasteiger partial charge >= 0.3 is 0 Å².